The zero-order valence-corrected chi connectivity index (χ0v) is 12.5. The molecule has 23 heavy (non-hydrogen) atoms. The molecule has 0 aliphatic rings. The molecular formula is C16H16N4O3. The normalized spacial score (nSPS) is 9.78. The van der Waals surface area contributed by atoms with Crippen molar-refractivity contribution >= 4 is 29.1 Å². The summed E-state index contributed by atoms with van der Waals surface area (Å²) >= 11 is 0. The molecule has 0 bridgehead atoms. The van der Waals surface area contributed by atoms with Gasteiger partial charge in [0.2, 0.25) is 5.91 Å². The lowest BCUT2D eigenvalue weighted by molar-refractivity contribution is -0.136. The highest BCUT2D eigenvalue weighted by molar-refractivity contribution is 6.39. The standard InChI is InChI=1S/C16H16N4O3/c1-11(21)19-13-3-2-4-14(9-13)20-16(23)15(22)18-10-12-5-7-17-8-6-12/h2-9H,10H2,1H3,(H,18,22)(H,19,21)(H,20,23). The third-order valence-corrected chi connectivity index (χ3v) is 2.85. The van der Waals surface area contributed by atoms with Gasteiger partial charge in [-0.05, 0) is 35.9 Å². The van der Waals surface area contributed by atoms with Crippen molar-refractivity contribution in [3.63, 3.8) is 0 Å². The van der Waals surface area contributed by atoms with Crippen LogP contribution in [0.2, 0.25) is 0 Å². The summed E-state index contributed by atoms with van der Waals surface area (Å²) in [6.07, 6.45) is 3.21. The van der Waals surface area contributed by atoms with Gasteiger partial charge in [-0.2, -0.15) is 0 Å². The molecule has 0 unspecified atom stereocenters. The van der Waals surface area contributed by atoms with Crippen LogP contribution in [0.3, 0.4) is 0 Å². The van der Waals surface area contributed by atoms with Crippen molar-refractivity contribution in [2.24, 2.45) is 0 Å². The second-order valence-electron chi connectivity index (χ2n) is 4.75. The molecule has 2 rings (SSSR count). The minimum atomic E-state index is -0.779. The highest BCUT2D eigenvalue weighted by Crippen LogP contribution is 2.14. The van der Waals surface area contributed by atoms with Crippen LogP contribution in [0.4, 0.5) is 11.4 Å². The first-order valence-electron chi connectivity index (χ1n) is 6.90. The van der Waals surface area contributed by atoms with Crippen LogP contribution in [-0.4, -0.2) is 22.7 Å². The molecule has 1 heterocycles. The maximum atomic E-state index is 11.8. The fraction of sp³-hybridized carbons (Fsp3) is 0.125. The molecule has 1 aromatic carbocycles. The number of nitrogens with one attached hydrogen (secondary N) is 3. The Kier molecular flexibility index (Phi) is 5.40. The first-order chi connectivity index (χ1) is 11.0. The highest BCUT2D eigenvalue weighted by Gasteiger charge is 2.13. The average Bonchev–Trinajstić information content (AvgIpc) is 2.53. The van der Waals surface area contributed by atoms with Crippen LogP contribution in [-0.2, 0) is 20.9 Å². The minimum Gasteiger partial charge on any atom is -0.344 e. The molecule has 0 spiro atoms. The van der Waals surface area contributed by atoms with Crippen molar-refractivity contribution in [2.75, 3.05) is 10.6 Å². The van der Waals surface area contributed by atoms with Gasteiger partial charge in [0, 0.05) is 37.2 Å². The number of amides is 3. The fourth-order valence-electron chi connectivity index (χ4n) is 1.83. The number of carbonyl (C=O) groups is 3. The maximum absolute atomic E-state index is 11.8. The Labute approximate surface area is 133 Å². The largest absolute Gasteiger partial charge is 0.344 e. The molecule has 0 radical (unpaired) electrons. The molecule has 3 amide bonds. The molecule has 7 heteroatoms. The van der Waals surface area contributed by atoms with Crippen molar-refractivity contribution in [1.82, 2.24) is 10.3 Å². The number of nitrogens with zero attached hydrogens (tertiary/aromatic N) is 1. The van der Waals surface area contributed by atoms with Crippen LogP contribution in [0.1, 0.15) is 12.5 Å². The number of pyridine rings is 1. The van der Waals surface area contributed by atoms with Gasteiger partial charge in [0.25, 0.3) is 0 Å². The minimum absolute atomic E-state index is 0.219. The molecule has 0 aliphatic carbocycles. The van der Waals surface area contributed by atoms with Gasteiger partial charge in [-0.15, -0.1) is 0 Å². The number of hydrogen-bond acceptors (Lipinski definition) is 4. The van der Waals surface area contributed by atoms with E-state index in [0.717, 1.165) is 5.56 Å². The summed E-state index contributed by atoms with van der Waals surface area (Å²) in [7, 11) is 0. The topological polar surface area (TPSA) is 100 Å². The van der Waals surface area contributed by atoms with Gasteiger partial charge in [0.15, 0.2) is 0 Å². The molecule has 7 nitrogen and oxygen atoms in total. The second-order valence-corrected chi connectivity index (χ2v) is 4.75. The van der Waals surface area contributed by atoms with E-state index in [1.807, 2.05) is 0 Å². The summed E-state index contributed by atoms with van der Waals surface area (Å²) < 4.78 is 0. The van der Waals surface area contributed by atoms with E-state index in [1.54, 1.807) is 48.8 Å². The van der Waals surface area contributed by atoms with Gasteiger partial charge in [0.05, 0.1) is 0 Å². The highest BCUT2D eigenvalue weighted by atomic mass is 16.2. The summed E-state index contributed by atoms with van der Waals surface area (Å²) in [4.78, 5) is 38.5. The molecule has 0 aliphatic heterocycles. The van der Waals surface area contributed by atoms with Crippen molar-refractivity contribution in [1.29, 1.82) is 0 Å². The quantitative estimate of drug-likeness (QED) is 0.741. The van der Waals surface area contributed by atoms with Crippen molar-refractivity contribution < 1.29 is 14.4 Å². The number of rotatable bonds is 4. The molecule has 0 fully saturated rings. The van der Waals surface area contributed by atoms with Gasteiger partial charge in [-0.3, -0.25) is 19.4 Å². The van der Waals surface area contributed by atoms with Gasteiger partial charge in [-0.1, -0.05) is 6.07 Å². The van der Waals surface area contributed by atoms with Gasteiger partial charge in [-0.25, -0.2) is 0 Å². The summed E-state index contributed by atoms with van der Waals surface area (Å²) in [5.74, 6) is -1.74. The molecular weight excluding hydrogens is 296 g/mol. The summed E-state index contributed by atoms with van der Waals surface area (Å²) in [6, 6.07) is 10.0. The van der Waals surface area contributed by atoms with Gasteiger partial charge >= 0.3 is 11.8 Å². The van der Waals surface area contributed by atoms with Crippen LogP contribution in [0.5, 0.6) is 0 Å². The molecule has 118 valence electrons. The van der Waals surface area contributed by atoms with Crippen molar-refractivity contribution in [2.45, 2.75) is 13.5 Å². The van der Waals surface area contributed by atoms with Crippen molar-refractivity contribution in [3.05, 3.63) is 54.4 Å². The smallest absolute Gasteiger partial charge is 0.313 e. The Hall–Kier alpha value is -3.22. The molecule has 3 N–H and O–H groups in total. The van der Waals surface area contributed by atoms with Crippen molar-refractivity contribution in [3.8, 4) is 0 Å². The number of hydrogen-bond donors (Lipinski definition) is 3. The summed E-state index contributed by atoms with van der Waals surface area (Å²) in [5, 5.41) is 7.59. The second kappa shape index (κ2) is 7.69. The third kappa shape index (κ3) is 5.24. The van der Waals surface area contributed by atoms with Gasteiger partial charge < -0.3 is 16.0 Å². The molecule has 1 aromatic heterocycles. The van der Waals surface area contributed by atoms with Crippen LogP contribution in [0.15, 0.2) is 48.8 Å². The Morgan fingerprint density at radius 2 is 1.61 bits per heavy atom. The Morgan fingerprint density at radius 1 is 0.957 bits per heavy atom. The molecule has 2 aromatic rings. The Morgan fingerprint density at radius 3 is 2.26 bits per heavy atom. The van der Waals surface area contributed by atoms with Crippen LogP contribution in [0.25, 0.3) is 0 Å². The SMILES string of the molecule is CC(=O)Nc1cccc(NC(=O)C(=O)NCc2ccncc2)c1. The number of aromatic nitrogens is 1. The Balaban J connectivity index is 1.90. The summed E-state index contributed by atoms with van der Waals surface area (Å²) in [6.45, 7) is 1.62. The molecule has 0 saturated heterocycles. The van der Waals surface area contributed by atoms with E-state index in [1.165, 1.54) is 6.92 Å². The summed E-state index contributed by atoms with van der Waals surface area (Å²) in [5.41, 5.74) is 1.79. The zero-order chi connectivity index (χ0) is 16.7. The number of benzene rings is 1. The average molecular weight is 312 g/mol. The zero-order valence-electron chi connectivity index (χ0n) is 12.5. The van der Waals surface area contributed by atoms with E-state index in [4.69, 9.17) is 0 Å². The maximum Gasteiger partial charge on any atom is 0.313 e. The molecule has 0 saturated carbocycles. The first kappa shape index (κ1) is 16.2. The number of carbonyl (C=O) groups excluding carboxylic acids is 3. The Bertz CT molecular complexity index is 716. The lowest BCUT2D eigenvalue weighted by Crippen LogP contribution is -2.34. The third-order valence-electron chi connectivity index (χ3n) is 2.85. The van der Waals surface area contributed by atoms with Gasteiger partial charge in [0.1, 0.15) is 0 Å². The fourth-order valence-corrected chi connectivity index (χ4v) is 1.83. The first-order valence-corrected chi connectivity index (χ1v) is 6.90. The predicted octanol–water partition coefficient (Wildman–Crippen LogP) is 1.29. The van der Waals surface area contributed by atoms with E-state index >= 15 is 0 Å². The molecule has 0 atom stereocenters. The lowest BCUT2D eigenvalue weighted by Gasteiger charge is -2.08. The number of anilines is 2. The predicted molar refractivity (Wildman–Crippen MR) is 85.5 cm³/mol. The van der Waals surface area contributed by atoms with Crippen LogP contribution in [0, 0.1) is 0 Å². The van der Waals surface area contributed by atoms with Crippen LogP contribution >= 0.6 is 0 Å². The van der Waals surface area contributed by atoms with E-state index in [2.05, 4.69) is 20.9 Å². The van der Waals surface area contributed by atoms with E-state index < -0.39 is 11.8 Å². The van der Waals surface area contributed by atoms with E-state index in [0.29, 0.717) is 11.4 Å². The monoisotopic (exact) mass is 312 g/mol. The van der Waals surface area contributed by atoms with Crippen LogP contribution < -0.4 is 16.0 Å². The van der Waals surface area contributed by atoms with E-state index in [-0.39, 0.29) is 12.5 Å². The van der Waals surface area contributed by atoms with E-state index in [9.17, 15) is 14.4 Å². The lowest BCUT2D eigenvalue weighted by atomic mass is 10.2.